The van der Waals surface area contributed by atoms with Gasteiger partial charge in [-0.3, -0.25) is 19.2 Å². The van der Waals surface area contributed by atoms with E-state index in [0.717, 1.165) is 0 Å². The number of allylic oxidation sites excluding steroid dienone is 8. The summed E-state index contributed by atoms with van der Waals surface area (Å²) in [4.78, 5) is 79.7. The Morgan fingerprint density at radius 1 is 0.606 bits per heavy atom. The van der Waals surface area contributed by atoms with Crippen LogP contribution < -0.4 is 0 Å². The Bertz CT molecular complexity index is 2380. The zero-order valence-electron chi connectivity index (χ0n) is 41.1. The lowest BCUT2D eigenvalue weighted by molar-refractivity contribution is -0.244. The van der Waals surface area contributed by atoms with E-state index in [9.17, 15) is 39.0 Å². The monoisotopic (exact) mass is 1000 g/mol. The molecule has 2 aliphatic heterocycles. The van der Waals surface area contributed by atoms with Gasteiger partial charge in [0.25, 0.3) is 0 Å². The molecule has 0 aromatic heterocycles. The van der Waals surface area contributed by atoms with Crippen LogP contribution in [0.15, 0.2) is 47.1 Å². The number of hydrogen-bond donors (Lipinski definition) is 2. The molecule has 388 valence electrons. The van der Waals surface area contributed by atoms with E-state index in [2.05, 4.69) is 0 Å². The number of ketones is 4. The lowest BCUT2D eigenvalue weighted by Gasteiger charge is -2.62. The molecule has 15 nitrogen and oxygen atoms in total. The van der Waals surface area contributed by atoms with E-state index in [1.165, 1.54) is 38.2 Å². The molecule has 0 spiro atoms. The van der Waals surface area contributed by atoms with E-state index in [4.69, 9.17) is 33.2 Å². The topological polar surface area (TPSA) is 207 Å². The number of ether oxygens (including phenoxy) is 7. The highest BCUT2D eigenvalue weighted by Crippen LogP contribution is 2.75. The maximum atomic E-state index is 17.8. The fourth-order valence-corrected chi connectivity index (χ4v) is 16.4. The first-order valence-electron chi connectivity index (χ1n) is 24.6. The number of halogens is 4. The van der Waals surface area contributed by atoms with Gasteiger partial charge in [-0.2, -0.15) is 0 Å². The number of carbonyl (C=O) groups excluding carboxylic acids is 6. The Kier molecular flexibility index (Phi) is 11.2. The van der Waals surface area contributed by atoms with Crippen molar-refractivity contribution in [3.05, 3.63) is 47.1 Å². The molecule has 10 rings (SSSR count). The molecule has 2 heterocycles. The van der Waals surface area contributed by atoms with Crippen LogP contribution >= 0.6 is 0 Å². The molecule has 0 amide bonds. The first-order valence-corrected chi connectivity index (χ1v) is 24.6. The number of aliphatic hydroxyl groups is 2. The molecule has 0 bridgehead atoms. The highest BCUT2D eigenvalue weighted by molar-refractivity contribution is 5.95. The third-order valence-corrected chi connectivity index (χ3v) is 19.3. The highest BCUT2D eigenvalue weighted by Gasteiger charge is 2.82. The van der Waals surface area contributed by atoms with Crippen LogP contribution in [0, 0.1) is 45.3 Å². The number of Topliss-reactive ketones (excluding diaryl/α,β-unsaturated/α-hetero) is 2. The van der Waals surface area contributed by atoms with Crippen LogP contribution in [0.4, 0.5) is 17.6 Å². The van der Waals surface area contributed by atoms with Gasteiger partial charge in [-0.25, -0.2) is 27.2 Å². The zero-order valence-corrected chi connectivity index (χ0v) is 41.1. The lowest BCUT2D eigenvalue weighted by Crippen LogP contribution is -2.70. The van der Waals surface area contributed by atoms with Gasteiger partial charge in [0.2, 0.25) is 11.6 Å². The van der Waals surface area contributed by atoms with E-state index in [-0.39, 0.29) is 61.2 Å². The molecule has 4 saturated carbocycles. The molecule has 8 aliphatic carbocycles. The number of rotatable bonds is 10. The third-order valence-electron chi connectivity index (χ3n) is 19.3. The predicted molar refractivity (Wildman–Crippen MR) is 236 cm³/mol. The van der Waals surface area contributed by atoms with Gasteiger partial charge in [0.05, 0.1) is 24.4 Å². The molecule has 0 radical (unpaired) electrons. The van der Waals surface area contributed by atoms with Crippen LogP contribution in [-0.4, -0.2) is 130 Å². The molecule has 8 unspecified atom stereocenters. The quantitative estimate of drug-likeness (QED) is 0.203. The van der Waals surface area contributed by atoms with E-state index in [1.807, 2.05) is 0 Å². The minimum absolute atomic E-state index is 0.00605. The first-order chi connectivity index (χ1) is 32.9. The zero-order chi connectivity index (χ0) is 51.7. The summed E-state index contributed by atoms with van der Waals surface area (Å²) in [5.74, 6) is -12.2. The number of carbonyl (C=O) groups is 6. The fraction of sp³-hybridized carbons (Fsp3) is 0.731. The van der Waals surface area contributed by atoms with Crippen molar-refractivity contribution in [2.24, 2.45) is 45.3 Å². The molecule has 2 saturated heterocycles. The third kappa shape index (κ3) is 6.50. The molecule has 6 fully saturated rings. The smallest absolute Gasteiger partial charge is 0.332 e. The van der Waals surface area contributed by atoms with Crippen molar-refractivity contribution in [3.63, 3.8) is 0 Å². The van der Waals surface area contributed by atoms with Crippen molar-refractivity contribution in [1.29, 1.82) is 0 Å². The lowest BCUT2D eigenvalue weighted by atomic mass is 9.45. The summed E-state index contributed by atoms with van der Waals surface area (Å²) < 4.78 is 109. The molecular weight excluding hydrogens is 941 g/mol. The van der Waals surface area contributed by atoms with Gasteiger partial charge < -0.3 is 43.4 Å². The van der Waals surface area contributed by atoms with E-state index < -0.39 is 178 Å². The number of esters is 2. The SMILES string of the molecule is CC1(C)O[C@@H]2CC3C4CC(F)=C5CC(=O)C=CC5(C)[C@@]4(F)[C@H](O)CC3(C)[C@]2(C(=O)COC(=O)COCC(=O)OCC(=O)[C@]23OC(C)(C)O[C@H]2CC2C4CC(F)=C5CC(=O)C=CC5(C)[C@@]4(F)[C@@H](O)CC23C)O1. The Hall–Kier alpha value is -3.98. The molecule has 19 heteroatoms. The second-order valence-electron chi connectivity index (χ2n) is 23.6. The van der Waals surface area contributed by atoms with Gasteiger partial charge in [-0.05, 0) is 102 Å². The van der Waals surface area contributed by atoms with Gasteiger partial charge in [0.15, 0.2) is 58.9 Å². The number of hydrogen-bond acceptors (Lipinski definition) is 15. The van der Waals surface area contributed by atoms with Crippen molar-refractivity contribution in [2.75, 3.05) is 26.4 Å². The maximum absolute atomic E-state index is 17.8. The van der Waals surface area contributed by atoms with Crippen molar-refractivity contribution >= 4 is 35.1 Å². The summed E-state index contributed by atoms with van der Waals surface area (Å²) in [5, 5.41) is 23.7. The normalized spacial score (nSPS) is 47.4. The van der Waals surface area contributed by atoms with E-state index >= 15 is 17.6 Å². The number of aliphatic hydroxyl groups excluding tert-OH is 2. The van der Waals surface area contributed by atoms with Gasteiger partial charge in [0.1, 0.15) is 24.9 Å². The minimum Gasteiger partial charge on any atom is -0.456 e. The Labute approximate surface area is 408 Å². The summed E-state index contributed by atoms with van der Waals surface area (Å²) in [7, 11) is 0. The fourth-order valence-electron chi connectivity index (χ4n) is 16.4. The van der Waals surface area contributed by atoms with Gasteiger partial charge >= 0.3 is 11.9 Å². The van der Waals surface area contributed by atoms with Crippen molar-refractivity contribution in [2.45, 2.75) is 165 Å². The molecule has 10 aliphatic rings. The van der Waals surface area contributed by atoms with Gasteiger partial charge in [-0.15, -0.1) is 0 Å². The molecular formula is C52H62F4O15. The molecule has 71 heavy (non-hydrogen) atoms. The van der Waals surface area contributed by atoms with Crippen LogP contribution in [-0.2, 0) is 61.9 Å². The summed E-state index contributed by atoms with van der Waals surface area (Å²) in [5.41, 5.74) is -14.6. The summed E-state index contributed by atoms with van der Waals surface area (Å²) >= 11 is 0. The van der Waals surface area contributed by atoms with Crippen LogP contribution in [0.1, 0.15) is 107 Å². The second kappa shape index (κ2) is 15.8. The van der Waals surface area contributed by atoms with E-state index in [0.29, 0.717) is 0 Å². The van der Waals surface area contributed by atoms with Gasteiger partial charge in [-0.1, -0.05) is 26.0 Å². The number of alkyl halides is 2. The Morgan fingerprint density at radius 2 is 0.972 bits per heavy atom. The molecule has 16 atom stereocenters. The average Bonchev–Trinajstić information content (AvgIpc) is 3.90. The van der Waals surface area contributed by atoms with Crippen LogP contribution in [0.2, 0.25) is 0 Å². The van der Waals surface area contributed by atoms with Gasteiger partial charge in [0, 0.05) is 59.2 Å². The maximum Gasteiger partial charge on any atom is 0.332 e. The highest BCUT2D eigenvalue weighted by atomic mass is 19.2. The second-order valence-corrected chi connectivity index (χ2v) is 23.6. The minimum atomic E-state index is -2.41. The van der Waals surface area contributed by atoms with E-state index in [1.54, 1.807) is 41.5 Å². The first kappa shape index (κ1) is 50.5. The predicted octanol–water partition coefficient (Wildman–Crippen LogP) is 5.56. The van der Waals surface area contributed by atoms with Crippen LogP contribution in [0.3, 0.4) is 0 Å². The van der Waals surface area contributed by atoms with Crippen molar-refractivity contribution < 1.29 is 89.7 Å². The Balaban J connectivity index is 0.783. The summed E-state index contributed by atoms with van der Waals surface area (Å²) in [6.45, 7) is 9.19. The largest absolute Gasteiger partial charge is 0.456 e. The van der Waals surface area contributed by atoms with Crippen molar-refractivity contribution in [3.8, 4) is 0 Å². The summed E-state index contributed by atoms with van der Waals surface area (Å²) in [6, 6.07) is 0. The van der Waals surface area contributed by atoms with Crippen LogP contribution in [0.5, 0.6) is 0 Å². The Morgan fingerprint density at radius 3 is 1.34 bits per heavy atom. The molecule has 0 aromatic carbocycles. The summed E-state index contributed by atoms with van der Waals surface area (Å²) in [6.07, 6.45) is -2.35. The number of fused-ring (bicyclic) bond motifs is 14. The standard InChI is InChI=1S/C52H62F4O15/c1-43(2)68-39-17-27-29-15-33(53)31-13-25(57)9-11-45(31,5)49(29,55)35(59)19-47(27,7)51(39,70-43)37(61)21-66-41(63)23-65-24-42(64)67-22-38(62)52-40(69-44(3,4)71-52)18-28-30-16-34(54)32-14-26(58)10-12-46(32,6)50(30,56)36(60)20-48(28,52)8/h9-12,27-30,35-36,39-40,59-60H,13-24H2,1-8H3/t27?,28?,29?,30?,35-,36+,39-,40+,45?,46?,47?,48?,49-,50-,51-,52+/m0/s1. The average molecular weight is 1000 g/mol. The molecule has 0 aromatic rings. The van der Waals surface area contributed by atoms with Crippen molar-refractivity contribution in [1.82, 2.24) is 0 Å². The molecule has 2 N–H and O–H groups in total. The van der Waals surface area contributed by atoms with Crippen LogP contribution in [0.25, 0.3) is 0 Å².